The van der Waals surface area contributed by atoms with E-state index in [0.29, 0.717) is 0 Å². The van der Waals surface area contributed by atoms with Gasteiger partial charge in [-0.25, -0.2) is 0 Å². The fraction of sp³-hybridized carbons (Fsp3) is 0.240. The van der Waals surface area contributed by atoms with Gasteiger partial charge < -0.3 is 9.30 Å². The smallest absolute Gasteiger partial charge is 0.418 e. The second-order valence-corrected chi connectivity index (χ2v) is 7.98. The second kappa shape index (κ2) is 9.01. The first kappa shape index (κ1) is 21.1. The molecule has 1 saturated heterocycles. The SMILES string of the molecule is [Li+].c1ccc2c(c1)nnn2[C-](CCN1CCOCC1)n1c2ccccc2c2ccccc21. The summed E-state index contributed by atoms with van der Waals surface area (Å²) in [5, 5.41) is 11.6. The summed E-state index contributed by atoms with van der Waals surface area (Å²) in [6.45, 7) is 4.50. The summed E-state index contributed by atoms with van der Waals surface area (Å²) in [7, 11) is 0. The molecule has 1 fully saturated rings. The van der Waals surface area contributed by atoms with Crippen LogP contribution in [0.1, 0.15) is 6.42 Å². The molecule has 32 heavy (non-hydrogen) atoms. The number of rotatable bonds is 5. The largest absolute Gasteiger partial charge is 1.00 e. The molecule has 0 N–H and O–H groups in total. The third-order valence-corrected chi connectivity index (χ3v) is 6.19. The van der Waals surface area contributed by atoms with Gasteiger partial charge in [-0.05, 0) is 40.8 Å². The van der Waals surface area contributed by atoms with Crippen LogP contribution in [0.3, 0.4) is 0 Å². The molecule has 6 nitrogen and oxygen atoms in total. The molecule has 2 aromatic heterocycles. The van der Waals surface area contributed by atoms with Crippen LogP contribution in [0.2, 0.25) is 0 Å². The topological polar surface area (TPSA) is 48.1 Å². The van der Waals surface area contributed by atoms with Gasteiger partial charge in [-0.15, -0.1) is 5.10 Å². The first-order valence-electron chi connectivity index (χ1n) is 10.9. The van der Waals surface area contributed by atoms with E-state index in [1.165, 1.54) is 21.8 Å². The van der Waals surface area contributed by atoms with Crippen molar-refractivity contribution in [3.8, 4) is 0 Å². The number of nitrogens with zero attached hydrogens (tertiary/aromatic N) is 5. The Kier molecular flexibility index (Phi) is 5.94. The van der Waals surface area contributed by atoms with Crippen LogP contribution in [0, 0.1) is 6.17 Å². The quantitative estimate of drug-likeness (QED) is 0.318. The van der Waals surface area contributed by atoms with E-state index in [-0.39, 0.29) is 18.9 Å². The van der Waals surface area contributed by atoms with Gasteiger partial charge in [0.05, 0.1) is 18.7 Å². The van der Waals surface area contributed by atoms with Crippen molar-refractivity contribution in [3.05, 3.63) is 79.0 Å². The molecule has 1 aliphatic heterocycles. The fourth-order valence-corrected chi connectivity index (χ4v) is 4.66. The van der Waals surface area contributed by atoms with Crippen LogP contribution in [0.4, 0.5) is 0 Å². The molecule has 3 heterocycles. The van der Waals surface area contributed by atoms with E-state index in [2.05, 4.69) is 74.4 Å². The minimum atomic E-state index is 0. The number of ether oxygens (including phenoxy) is 1. The second-order valence-electron chi connectivity index (χ2n) is 7.98. The number of fused-ring (bicyclic) bond motifs is 4. The van der Waals surface area contributed by atoms with Gasteiger partial charge >= 0.3 is 18.9 Å². The first-order valence-corrected chi connectivity index (χ1v) is 10.9. The molecule has 0 unspecified atom stereocenters. The zero-order chi connectivity index (χ0) is 20.6. The van der Waals surface area contributed by atoms with Crippen molar-refractivity contribution in [1.82, 2.24) is 24.5 Å². The van der Waals surface area contributed by atoms with Crippen LogP contribution in [-0.4, -0.2) is 57.3 Å². The van der Waals surface area contributed by atoms with Crippen molar-refractivity contribution in [3.63, 3.8) is 0 Å². The van der Waals surface area contributed by atoms with Crippen LogP contribution >= 0.6 is 0 Å². The fourth-order valence-electron chi connectivity index (χ4n) is 4.66. The summed E-state index contributed by atoms with van der Waals surface area (Å²) >= 11 is 0. The number of para-hydroxylation sites is 3. The van der Waals surface area contributed by atoms with Crippen LogP contribution in [0.25, 0.3) is 32.8 Å². The maximum atomic E-state index is 5.54. The van der Waals surface area contributed by atoms with Crippen LogP contribution in [-0.2, 0) is 4.74 Å². The van der Waals surface area contributed by atoms with E-state index in [1.54, 1.807) is 0 Å². The Bertz CT molecular complexity index is 1300. The maximum absolute atomic E-state index is 5.54. The zero-order valence-electron chi connectivity index (χ0n) is 18.3. The Balaban J connectivity index is 0.00000216. The third kappa shape index (κ3) is 3.60. The minimum Gasteiger partial charge on any atom is -0.418 e. The van der Waals surface area contributed by atoms with E-state index < -0.39 is 0 Å². The van der Waals surface area contributed by atoms with Gasteiger partial charge in [-0.3, -0.25) is 9.58 Å². The van der Waals surface area contributed by atoms with Gasteiger partial charge in [0.1, 0.15) is 0 Å². The summed E-state index contributed by atoms with van der Waals surface area (Å²) in [5.41, 5.74) is 4.33. The van der Waals surface area contributed by atoms with Crippen LogP contribution < -0.4 is 18.9 Å². The normalized spacial score (nSPS) is 14.8. The molecule has 6 rings (SSSR count). The molecular formula is C25H24LiN5O. The van der Waals surface area contributed by atoms with Gasteiger partial charge in [0.15, 0.2) is 0 Å². The molecule has 3 aromatic carbocycles. The Morgan fingerprint density at radius 3 is 2.06 bits per heavy atom. The van der Waals surface area contributed by atoms with Crippen LogP contribution in [0.5, 0.6) is 0 Å². The average Bonchev–Trinajstić information content (AvgIpc) is 3.41. The molecule has 0 spiro atoms. The van der Waals surface area contributed by atoms with Crippen molar-refractivity contribution in [2.24, 2.45) is 0 Å². The van der Waals surface area contributed by atoms with E-state index in [1.807, 2.05) is 22.9 Å². The van der Waals surface area contributed by atoms with E-state index in [9.17, 15) is 0 Å². The molecule has 1 aliphatic rings. The summed E-state index contributed by atoms with van der Waals surface area (Å²) < 4.78 is 9.93. The molecule has 0 bridgehead atoms. The van der Waals surface area contributed by atoms with Crippen molar-refractivity contribution in [2.75, 3.05) is 32.8 Å². The molecule has 156 valence electrons. The van der Waals surface area contributed by atoms with Gasteiger partial charge in [0, 0.05) is 24.8 Å². The van der Waals surface area contributed by atoms with Gasteiger partial charge in [-0.2, -0.15) is 0 Å². The summed E-state index contributed by atoms with van der Waals surface area (Å²) in [6, 6.07) is 25.4. The van der Waals surface area contributed by atoms with Crippen LogP contribution in [0.15, 0.2) is 72.8 Å². The molecule has 0 saturated carbocycles. The number of benzene rings is 3. The Labute approximate surface area is 198 Å². The molecule has 0 aliphatic carbocycles. The number of hydrogen-bond donors (Lipinski definition) is 0. The Morgan fingerprint density at radius 1 is 0.781 bits per heavy atom. The summed E-state index contributed by atoms with van der Waals surface area (Å²) in [4.78, 5) is 2.47. The van der Waals surface area contributed by atoms with Gasteiger partial charge in [0.25, 0.3) is 0 Å². The van der Waals surface area contributed by atoms with E-state index >= 15 is 0 Å². The molecule has 0 radical (unpaired) electrons. The Morgan fingerprint density at radius 2 is 1.38 bits per heavy atom. The van der Waals surface area contributed by atoms with E-state index in [0.717, 1.165) is 56.5 Å². The van der Waals surface area contributed by atoms with Crippen molar-refractivity contribution in [1.29, 1.82) is 0 Å². The van der Waals surface area contributed by atoms with Gasteiger partial charge in [0.2, 0.25) is 0 Å². The van der Waals surface area contributed by atoms with Crippen molar-refractivity contribution < 1.29 is 23.6 Å². The number of aromatic nitrogens is 4. The van der Waals surface area contributed by atoms with E-state index in [4.69, 9.17) is 4.74 Å². The molecule has 0 atom stereocenters. The maximum Gasteiger partial charge on any atom is 1.00 e. The predicted molar refractivity (Wildman–Crippen MR) is 123 cm³/mol. The van der Waals surface area contributed by atoms with Crippen molar-refractivity contribution in [2.45, 2.75) is 6.42 Å². The summed E-state index contributed by atoms with van der Waals surface area (Å²) in [6.07, 6.45) is 1.98. The molecule has 5 aromatic rings. The average molecular weight is 417 g/mol. The Hall–Kier alpha value is -2.75. The van der Waals surface area contributed by atoms with Crippen molar-refractivity contribution >= 4 is 32.8 Å². The first-order chi connectivity index (χ1) is 15.4. The number of hydrogen-bond acceptors (Lipinski definition) is 4. The molecular weight excluding hydrogens is 393 g/mol. The monoisotopic (exact) mass is 417 g/mol. The third-order valence-electron chi connectivity index (χ3n) is 6.19. The zero-order valence-corrected chi connectivity index (χ0v) is 18.3. The van der Waals surface area contributed by atoms with Gasteiger partial charge in [-0.1, -0.05) is 71.9 Å². The number of morpholine rings is 1. The predicted octanol–water partition coefficient (Wildman–Crippen LogP) is 1.15. The minimum absolute atomic E-state index is 0. The standard InChI is InChI=1S/C25H24N5O.Li/c1-4-10-22-19(7-1)20-8-2-5-11-23(20)29(22)25(13-14-28-15-17-31-18-16-28)30-24-12-6-3-9-21(24)26-27-30;/h1-12H,13-18H2;/q-1;+1. The molecule has 7 heteroatoms. The molecule has 0 amide bonds. The summed E-state index contributed by atoms with van der Waals surface area (Å²) in [5.74, 6) is 0.